The molecule has 0 bridgehead atoms. The molecule has 4 rings (SSSR count). The zero-order valence-electron chi connectivity index (χ0n) is 15.2. The van der Waals surface area contributed by atoms with Gasteiger partial charge < -0.3 is 9.47 Å². The Morgan fingerprint density at radius 1 is 1.00 bits per heavy atom. The average Bonchev–Trinajstić information content (AvgIpc) is 2.78. The largest absolute Gasteiger partial charge is 0.340 e. The van der Waals surface area contributed by atoms with Gasteiger partial charge in [0.1, 0.15) is 0 Å². The van der Waals surface area contributed by atoms with E-state index in [1.807, 2.05) is 24.3 Å². The van der Waals surface area contributed by atoms with Crippen molar-refractivity contribution >= 4 is 51.3 Å². The van der Waals surface area contributed by atoms with Gasteiger partial charge in [0.2, 0.25) is 0 Å². The van der Waals surface area contributed by atoms with Crippen LogP contribution in [-0.2, 0) is 19.4 Å². The molecule has 0 amide bonds. The SMILES string of the molecule is C=C(Cn1c2c(c3cc(Cl)ccc31)CCN(C)CC2)c1ccc(Cl)c(Cl)c1. The highest BCUT2D eigenvalue weighted by molar-refractivity contribution is 6.42. The third-order valence-electron chi connectivity index (χ3n) is 5.40. The molecule has 0 spiro atoms. The standard InChI is InChI=1S/C22H21Cl3N2/c1-14(15-3-5-19(24)20(25)11-15)13-27-21-6-4-16(23)12-18(21)17-7-9-26(2)10-8-22(17)27/h3-6,11-12H,1,7-10,13H2,2H3. The van der Waals surface area contributed by atoms with E-state index < -0.39 is 0 Å². The molecule has 1 aliphatic rings. The van der Waals surface area contributed by atoms with Gasteiger partial charge in [0, 0.05) is 47.7 Å². The summed E-state index contributed by atoms with van der Waals surface area (Å²) < 4.78 is 2.39. The van der Waals surface area contributed by atoms with E-state index in [1.165, 1.54) is 22.2 Å². The Balaban J connectivity index is 1.79. The molecule has 0 saturated carbocycles. The summed E-state index contributed by atoms with van der Waals surface area (Å²) in [5, 5.41) is 3.16. The molecule has 1 aliphatic heterocycles. The Kier molecular flexibility index (Phi) is 5.26. The van der Waals surface area contributed by atoms with Crippen LogP contribution in [0.5, 0.6) is 0 Å². The van der Waals surface area contributed by atoms with Crippen LogP contribution in [-0.4, -0.2) is 29.6 Å². The van der Waals surface area contributed by atoms with Gasteiger partial charge in [0.25, 0.3) is 0 Å². The molecule has 0 fully saturated rings. The summed E-state index contributed by atoms with van der Waals surface area (Å²) >= 11 is 18.6. The van der Waals surface area contributed by atoms with E-state index in [2.05, 4.69) is 35.2 Å². The minimum atomic E-state index is 0.555. The Morgan fingerprint density at radius 3 is 2.56 bits per heavy atom. The van der Waals surface area contributed by atoms with E-state index >= 15 is 0 Å². The van der Waals surface area contributed by atoms with Crippen LogP contribution < -0.4 is 0 Å². The lowest BCUT2D eigenvalue weighted by molar-refractivity contribution is 0.351. The van der Waals surface area contributed by atoms with Crippen molar-refractivity contribution in [3.8, 4) is 0 Å². The molecular weight excluding hydrogens is 399 g/mol. The summed E-state index contributed by atoms with van der Waals surface area (Å²) in [6.45, 7) is 7.15. The lowest BCUT2D eigenvalue weighted by Crippen LogP contribution is -2.21. The Morgan fingerprint density at radius 2 is 1.78 bits per heavy atom. The molecule has 140 valence electrons. The first-order chi connectivity index (χ1) is 12.9. The smallest absolute Gasteiger partial charge is 0.0598 e. The van der Waals surface area contributed by atoms with Crippen molar-refractivity contribution in [1.82, 2.24) is 9.47 Å². The van der Waals surface area contributed by atoms with Gasteiger partial charge in [-0.05, 0) is 60.5 Å². The van der Waals surface area contributed by atoms with Gasteiger partial charge in [-0.3, -0.25) is 0 Å². The summed E-state index contributed by atoms with van der Waals surface area (Å²) in [6, 6.07) is 11.9. The van der Waals surface area contributed by atoms with Crippen LogP contribution in [0.2, 0.25) is 15.1 Å². The van der Waals surface area contributed by atoms with Gasteiger partial charge in [-0.25, -0.2) is 0 Å². The molecule has 0 atom stereocenters. The zero-order valence-corrected chi connectivity index (χ0v) is 17.5. The van der Waals surface area contributed by atoms with E-state index in [0.29, 0.717) is 10.0 Å². The number of halogens is 3. The highest BCUT2D eigenvalue weighted by Crippen LogP contribution is 2.33. The second-order valence-electron chi connectivity index (χ2n) is 7.21. The van der Waals surface area contributed by atoms with Crippen LogP contribution in [0.4, 0.5) is 0 Å². The molecule has 27 heavy (non-hydrogen) atoms. The minimum absolute atomic E-state index is 0.555. The van der Waals surface area contributed by atoms with Gasteiger partial charge in [0.15, 0.2) is 0 Å². The number of likely N-dealkylation sites (N-methyl/N-ethyl adjacent to an activating group) is 1. The fourth-order valence-corrected chi connectivity index (χ4v) is 4.37. The third kappa shape index (κ3) is 3.64. The van der Waals surface area contributed by atoms with Crippen molar-refractivity contribution in [2.24, 2.45) is 0 Å². The maximum absolute atomic E-state index is 6.31. The van der Waals surface area contributed by atoms with Crippen LogP contribution in [0.25, 0.3) is 16.5 Å². The Labute approximate surface area is 174 Å². The van der Waals surface area contributed by atoms with Crippen LogP contribution in [0, 0.1) is 0 Å². The molecule has 0 aliphatic carbocycles. The van der Waals surface area contributed by atoms with E-state index in [0.717, 1.165) is 48.6 Å². The number of fused-ring (bicyclic) bond motifs is 3. The molecule has 2 heterocycles. The first-order valence-electron chi connectivity index (χ1n) is 9.05. The maximum atomic E-state index is 6.31. The second kappa shape index (κ2) is 7.52. The van der Waals surface area contributed by atoms with Crippen LogP contribution in [0.15, 0.2) is 43.0 Å². The van der Waals surface area contributed by atoms with Gasteiger partial charge >= 0.3 is 0 Å². The summed E-state index contributed by atoms with van der Waals surface area (Å²) in [7, 11) is 2.18. The first kappa shape index (κ1) is 18.9. The molecule has 0 unspecified atom stereocenters. The lowest BCUT2D eigenvalue weighted by atomic mass is 10.1. The number of aromatic nitrogens is 1. The summed E-state index contributed by atoms with van der Waals surface area (Å²) in [5.74, 6) is 0. The molecule has 2 nitrogen and oxygen atoms in total. The van der Waals surface area contributed by atoms with Gasteiger partial charge in [-0.15, -0.1) is 0 Å². The summed E-state index contributed by atoms with van der Waals surface area (Å²) in [4.78, 5) is 2.38. The molecule has 0 saturated heterocycles. The van der Waals surface area contributed by atoms with Crippen molar-refractivity contribution in [2.75, 3.05) is 20.1 Å². The minimum Gasteiger partial charge on any atom is -0.340 e. The fourth-order valence-electron chi connectivity index (χ4n) is 3.90. The fraction of sp³-hybridized carbons (Fsp3) is 0.273. The topological polar surface area (TPSA) is 8.17 Å². The molecule has 5 heteroatoms. The first-order valence-corrected chi connectivity index (χ1v) is 10.2. The lowest BCUT2D eigenvalue weighted by Gasteiger charge is -2.15. The average molecular weight is 420 g/mol. The molecule has 0 N–H and O–H groups in total. The van der Waals surface area contributed by atoms with Crippen molar-refractivity contribution in [2.45, 2.75) is 19.4 Å². The van der Waals surface area contributed by atoms with Crippen molar-refractivity contribution in [1.29, 1.82) is 0 Å². The van der Waals surface area contributed by atoms with E-state index in [-0.39, 0.29) is 0 Å². The van der Waals surface area contributed by atoms with Crippen molar-refractivity contribution in [3.63, 3.8) is 0 Å². The maximum Gasteiger partial charge on any atom is 0.0598 e. The predicted molar refractivity (Wildman–Crippen MR) is 117 cm³/mol. The number of hydrogen-bond donors (Lipinski definition) is 0. The molecule has 1 aromatic heterocycles. The quantitative estimate of drug-likeness (QED) is 0.480. The molecular formula is C22H21Cl3N2. The predicted octanol–water partition coefficient (Wildman–Crippen LogP) is 6.35. The zero-order chi connectivity index (χ0) is 19.1. The Bertz CT molecular complexity index is 1040. The highest BCUT2D eigenvalue weighted by Gasteiger charge is 2.21. The van der Waals surface area contributed by atoms with E-state index in [4.69, 9.17) is 34.8 Å². The van der Waals surface area contributed by atoms with E-state index in [1.54, 1.807) is 0 Å². The van der Waals surface area contributed by atoms with Gasteiger partial charge in [-0.2, -0.15) is 0 Å². The number of allylic oxidation sites excluding steroid dienone is 1. The molecule has 3 aromatic rings. The number of hydrogen-bond acceptors (Lipinski definition) is 1. The summed E-state index contributed by atoms with van der Waals surface area (Å²) in [5.41, 5.74) is 6.05. The van der Waals surface area contributed by atoms with Crippen LogP contribution in [0.3, 0.4) is 0 Å². The number of nitrogens with zero attached hydrogens (tertiary/aromatic N) is 2. The summed E-state index contributed by atoms with van der Waals surface area (Å²) in [6.07, 6.45) is 2.06. The van der Waals surface area contributed by atoms with Crippen LogP contribution in [0.1, 0.15) is 16.8 Å². The van der Waals surface area contributed by atoms with E-state index in [9.17, 15) is 0 Å². The molecule has 0 radical (unpaired) electrons. The van der Waals surface area contributed by atoms with Gasteiger partial charge in [-0.1, -0.05) is 47.4 Å². The normalized spacial score (nSPS) is 15.0. The second-order valence-corrected chi connectivity index (χ2v) is 8.46. The van der Waals surface area contributed by atoms with Crippen molar-refractivity contribution < 1.29 is 0 Å². The number of rotatable bonds is 3. The van der Waals surface area contributed by atoms with Gasteiger partial charge in [0.05, 0.1) is 10.0 Å². The number of benzene rings is 2. The third-order valence-corrected chi connectivity index (χ3v) is 6.37. The van der Waals surface area contributed by atoms with Crippen molar-refractivity contribution in [3.05, 3.63) is 74.9 Å². The molecule has 2 aromatic carbocycles. The highest BCUT2D eigenvalue weighted by atomic mass is 35.5. The monoisotopic (exact) mass is 418 g/mol. The Hall–Kier alpha value is -1.45. The van der Waals surface area contributed by atoms with Crippen LogP contribution >= 0.6 is 34.8 Å².